The summed E-state index contributed by atoms with van der Waals surface area (Å²) >= 11 is 1.62. The largest absolute Gasteiger partial charge is 0.370 e. The Morgan fingerprint density at radius 1 is 1.44 bits per heavy atom. The molecule has 3 rings (SSSR count). The second kappa shape index (κ2) is 3.34. The molecule has 0 atom stereocenters. The molecule has 80 valence electrons. The first-order chi connectivity index (χ1) is 7.79. The van der Waals surface area contributed by atoms with Crippen molar-refractivity contribution in [3.05, 3.63) is 35.0 Å². The van der Waals surface area contributed by atoms with E-state index >= 15 is 0 Å². The van der Waals surface area contributed by atoms with E-state index in [-0.39, 0.29) is 5.69 Å². The van der Waals surface area contributed by atoms with Crippen LogP contribution >= 0.6 is 11.8 Å². The van der Waals surface area contributed by atoms with Crippen LogP contribution in [0.15, 0.2) is 34.2 Å². The average Bonchev–Trinajstić information content (AvgIpc) is 2.78. The Morgan fingerprint density at radius 3 is 3.12 bits per heavy atom. The molecule has 0 saturated carbocycles. The van der Waals surface area contributed by atoms with Gasteiger partial charge in [0.05, 0.1) is 5.52 Å². The van der Waals surface area contributed by atoms with Crippen LogP contribution in [0.3, 0.4) is 0 Å². The fraction of sp³-hybridized carbons (Fsp3) is 0.100. The molecule has 2 heterocycles. The third kappa shape index (κ3) is 1.23. The standard InChI is InChI=1S/C10H8N4OS/c1-16-6-2-3-7-8(4-6)13-10(15)14-9(7)11-5-12-14/h2-5H,1H3,(H,11,12). The summed E-state index contributed by atoms with van der Waals surface area (Å²) in [5, 5.41) is 4.79. The van der Waals surface area contributed by atoms with E-state index in [1.165, 1.54) is 10.8 Å². The van der Waals surface area contributed by atoms with E-state index in [0.29, 0.717) is 11.2 Å². The van der Waals surface area contributed by atoms with Crippen molar-refractivity contribution < 1.29 is 0 Å². The van der Waals surface area contributed by atoms with Crippen LogP contribution in [-0.2, 0) is 0 Å². The van der Waals surface area contributed by atoms with Crippen molar-refractivity contribution in [1.29, 1.82) is 0 Å². The first-order valence-corrected chi connectivity index (χ1v) is 5.92. The van der Waals surface area contributed by atoms with Crippen LogP contribution in [0.2, 0.25) is 0 Å². The Hall–Kier alpha value is -1.82. The number of hydrogen-bond donors (Lipinski definition) is 1. The van der Waals surface area contributed by atoms with E-state index in [4.69, 9.17) is 0 Å². The average molecular weight is 232 g/mol. The van der Waals surface area contributed by atoms with Gasteiger partial charge in [0, 0.05) is 10.3 Å². The summed E-state index contributed by atoms with van der Waals surface area (Å²) in [6.45, 7) is 0. The number of thioether (sulfide) groups is 1. The topological polar surface area (TPSA) is 63.1 Å². The summed E-state index contributed by atoms with van der Waals surface area (Å²) in [6, 6.07) is 5.85. The molecule has 5 nitrogen and oxygen atoms in total. The van der Waals surface area contributed by atoms with E-state index in [1.54, 1.807) is 11.8 Å². The molecule has 0 unspecified atom stereocenters. The van der Waals surface area contributed by atoms with Gasteiger partial charge in [-0.2, -0.15) is 14.6 Å². The normalized spacial score (nSPS) is 11.3. The lowest BCUT2D eigenvalue weighted by Crippen LogP contribution is -2.17. The monoisotopic (exact) mass is 232 g/mol. The number of nitrogens with zero attached hydrogens (tertiary/aromatic N) is 3. The number of aromatic nitrogens is 4. The number of H-pyrrole nitrogens is 1. The summed E-state index contributed by atoms with van der Waals surface area (Å²) in [6.07, 6.45) is 3.48. The van der Waals surface area contributed by atoms with E-state index in [1.807, 2.05) is 24.5 Å². The van der Waals surface area contributed by atoms with Crippen LogP contribution in [0.4, 0.5) is 0 Å². The number of aromatic amines is 1. The van der Waals surface area contributed by atoms with Gasteiger partial charge < -0.3 is 4.98 Å². The van der Waals surface area contributed by atoms with Gasteiger partial charge in [0.2, 0.25) is 0 Å². The lowest BCUT2D eigenvalue weighted by atomic mass is 10.2. The van der Waals surface area contributed by atoms with Gasteiger partial charge in [-0.3, -0.25) is 0 Å². The van der Waals surface area contributed by atoms with Crippen LogP contribution in [0.5, 0.6) is 0 Å². The van der Waals surface area contributed by atoms with Crippen LogP contribution in [0.25, 0.3) is 16.6 Å². The molecule has 0 bridgehead atoms. The highest BCUT2D eigenvalue weighted by molar-refractivity contribution is 7.98. The van der Waals surface area contributed by atoms with Gasteiger partial charge in [-0.15, -0.1) is 11.8 Å². The molecule has 0 aliphatic rings. The lowest BCUT2D eigenvalue weighted by Gasteiger charge is -2.00. The second-order valence-corrected chi connectivity index (χ2v) is 4.21. The van der Waals surface area contributed by atoms with E-state index < -0.39 is 0 Å². The molecule has 0 radical (unpaired) electrons. The maximum atomic E-state index is 11.6. The van der Waals surface area contributed by atoms with Crippen LogP contribution in [-0.4, -0.2) is 25.8 Å². The molecule has 1 aromatic carbocycles. The molecule has 3 aromatic rings. The summed E-state index contributed by atoms with van der Waals surface area (Å²) < 4.78 is 1.26. The quantitative estimate of drug-likeness (QED) is 0.642. The molecule has 0 fully saturated rings. The smallest absolute Gasteiger partial charge is 0.329 e. The minimum absolute atomic E-state index is 0.359. The zero-order chi connectivity index (χ0) is 11.1. The summed E-state index contributed by atoms with van der Waals surface area (Å²) in [7, 11) is 0. The number of nitrogens with one attached hydrogen (secondary N) is 1. The zero-order valence-corrected chi connectivity index (χ0v) is 9.28. The van der Waals surface area contributed by atoms with E-state index in [2.05, 4.69) is 15.1 Å². The molecule has 0 aliphatic carbocycles. The van der Waals surface area contributed by atoms with E-state index in [0.717, 1.165) is 10.3 Å². The van der Waals surface area contributed by atoms with E-state index in [9.17, 15) is 4.79 Å². The molecule has 0 saturated heterocycles. The molecule has 0 amide bonds. The Balaban J connectivity index is 2.53. The van der Waals surface area contributed by atoms with Crippen molar-refractivity contribution in [1.82, 2.24) is 19.6 Å². The molecule has 6 heteroatoms. The Morgan fingerprint density at radius 2 is 2.31 bits per heavy atom. The highest BCUT2D eigenvalue weighted by Crippen LogP contribution is 2.21. The number of rotatable bonds is 1. The maximum absolute atomic E-state index is 11.6. The first kappa shape index (κ1) is 9.41. The summed E-state index contributed by atoms with van der Waals surface area (Å²) in [4.78, 5) is 19.6. The molecule has 0 aliphatic heterocycles. The Labute approximate surface area is 94.5 Å². The van der Waals surface area contributed by atoms with Gasteiger partial charge in [0.15, 0.2) is 0 Å². The first-order valence-electron chi connectivity index (χ1n) is 4.70. The molecular weight excluding hydrogens is 224 g/mol. The van der Waals surface area contributed by atoms with Gasteiger partial charge >= 0.3 is 5.69 Å². The predicted molar refractivity (Wildman–Crippen MR) is 62.9 cm³/mol. The second-order valence-electron chi connectivity index (χ2n) is 3.33. The number of fused-ring (bicyclic) bond motifs is 3. The number of benzene rings is 1. The van der Waals surface area contributed by atoms with Gasteiger partial charge in [-0.05, 0) is 24.5 Å². The SMILES string of the molecule is CSc1ccc2c(c1)nc(=O)n1nc[nH]c21. The summed E-state index contributed by atoms with van der Waals surface area (Å²) in [5.41, 5.74) is 1.02. The highest BCUT2D eigenvalue weighted by atomic mass is 32.2. The van der Waals surface area contributed by atoms with Crippen LogP contribution < -0.4 is 5.69 Å². The molecule has 16 heavy (non-hydrogen) atoms. The lowest BCUT2D eigenvalue weighted by molar-refractivity contribution is 0.881. The van der Waals surface area contributed by atoms with Gasteiger partial charge in [0.1, 0.15) is 12.0 Å². The molecular formula is C10H8N4OS. The minimum Gasteiger partial charge on any atom is -0.329 e. The molecule has 2 aromatic heterocycles. The van der Waals surface area contributed by atoms with Gasteiger partial charge in [-0.1, -0.05) is 0 Å². The van der Waals surface area contributed by atoms with Crippen LogP contribution in [0.1, 0.15) is 0 Å². The van der Waals surface area contributed by atoms with Crippen molar-refractivity contribution in [3.8, 4) is 0 Å². The van der Waals surface area contributed by atoms with Crippen molar-refractivity contribution in [3.63, 3.8) is 0 Å². The third-order valence-corrected chi connectivity index (χ3v) is 3.17. The van der Waals surface area contributed by atoms with Crippen molar-refractivity contribution in [2.45, 2.75) is 4.90 Å². The predicted octanol–water partition coefficient (Wildman–Crippen LogP) is 1.29. The number of hydrogen-bond acceptors (Lipinski definition) is 4. The van der Waals surface area contributed by atoms with Crippen LogP contribution in [0, 0.1) is 0 Å². The molecule has 0 spiro atoms. The third-order valence-electron chi connectivity index (χ3n) is 2.44. The fourth-order valence-electron chi connectivity index (χ4n) is 1.69. The van der Waals surface area contributed by atoms with Crippen molar-refractivity contribution >= 4 is 28.3 Å². The van der Waals surface area contributed by atoms with Gasteiger partial charge in [0.25, 0.3) is 0 Å². The van der Waals surface area contributed by atoms with Crippen molar-refractivity contribution in [2.24, 2.45) is 0 Å². The Bertz CT molecular complexity index is 730. The minimum atomic E-state index is -0.359. The maximum Gasteiger partial charge on any atom is 0.370 e. The highest BCUT2D eigenvalue weighted by Gasteiger charge is 2.06. The van der Waals surface area contributed by atoms with Crippen molar-refractivity contribution in [2.75, 3.05) is 6.26 Å². The van der Waals surface area contributed by atoms with Gasteiger partial charge in [-0.25, -0.2) is 4.79 Å². The Kier molecular flexibility index (Phi) is 1.97. The summed E-state index contributed by atoms with van der Waals surface area (Å²) in [5.74, 6) is 0. The fourth-order valence-corrected chi connectivity index (χ4v) is 2.12. The molecule has 1 N–H and O–H groups in total. The zero-order valence-electron chi connectivity index (χ0n) is 8.47.